The zero-order valence-corrected chi connectivity index (χ0v) is 9.23. The van der Waals surface area contributed by atoms with Crippen LogP contribution in [0, 0.1) is 0 Å². The highest BCUT2D eigenvalue weighted by Crippen LogP contribution is 2.12. The first-order chi connectivity index (χ1) is 6.77. The van der Waals surface area contributed by atoms with Crippen LogP contribution in [0.2, 0.25) is 0 Å². The van der Waals surface area contributed by atoms with Gasteiger partial charge in [-0.05, 0) is 12.0 Å². The molecule has 0 N–H and O–H groups in total. The SMILES string of the molecule is CC.CC(C)c1cc2ncccn2n1. The molecule has 3 heteroatoms. The number of fused-ring (bicyclic) bond motifs is 1. The lowest BCUT2D eigenvalue weighted by Gasteiger charge is -1.94. The third kappa shape index (κ3) is 2.10. The molecule has 14 heavy (non-hydrogen) atoms. The summed E-state index contributed by atoms with van der Waals surface area (Å²) in [5.41, 5.74) is 2.01. The van der Waals surface area contributed by atoms with E-state index in [0.717, 1.165) is 11.3 Å². The Hall–Kier alpha value is -1.38. The molecule has 0 unspecified atom stereocenters. The highest BCUT2D eigenvalue weighted by atomic mass is 15.2. The summed E-state index contributed by atoms with van der Waals surface area (Å²) in [4.78, 5) is 4.18. The van der Waals surface area contributed by atoms with Crippen molar-refractivity contribution in [2.24, 2.45) is 0 Å². The lowest BCUT2D eigenvalue weighted by atomic mass is 10.1. The number of nitrogens with zero attached hydrogens (tertiary/aromatic N) is 3. The van der Waals surface area contributed by atoms with Gasteiger partial charge in [0, 0.05) is 18.5 Å². The maximum absolute atomic E-state index is 4.37. The van der Waals surface area contributed by atoms with Crippen molar-refractivity contribution in [1.29, 1.82) is 0 Å². The van der Waals surface area contributed by atoms with E-state index in [9.17, 15) is 0 Å². The van der Waals surface area contributed by atoms with E-state index in [-0.39, 0.29) is 0 Å². The van der Waals surface area contributed by atoms with Gasteiger partial charge in [-0.1, -0.05) is 27.7 Å². The molecule has 0 spiro atoms. The summed E-state index contributed by atoms with van der Waals surface area (Å²) in [5.74, 6) is 0.465. The quantitative estimate of drug-likeness (QED) is 0.693. The molecular formula is C11H17N3. The van der Waals surface area contributed by atoms with Crippen LogP contribution in [0.15, 0.2) is 24.5 Å². The molecule has 0 aliphatic heterocycles. The smallest absolute Gasteiger partial charge is 0.155 e. The zero-order valence-electron chi connectivity index (χ0n) is 9.23. The van der Waals surface area contributed by atoms with Crippen molar-refractivity contribution in [1.82, 2.24) is 14.6 Å². The first-order valence-corrected chi connectivity index (χ1v) is 5.07. The largest absolute Gasteiger partial charge is 0.237 e. The fraction of sp³-hybridized carbons (Fsp3) is 0.455. The molecule has 0 fully saturated rings. The third-order valence-corrected chi connectivity index (χ3v) is 1.85. The minimum Gasteiger partial charge on any atom is -0.237 e. The number of hydrogen-bond donors (Lipinski definition) is 0. The third-order valence-electron chi connectivity index (χ3n) is 1.85. The molecule has 2 aromatic rings. The molecule has 0 bridgehead atoms. The van der Waals surface area contributed by atoms with Gasteiger partial charge in [-0.15, -0.1) is 0 Å². The van der Waals surface area contributed by atoms with Gasteiger partial charge in [0.15, 0.2) is 5.65 Å². The molecule has 0 aromatic carbocycles. The minimum absolute atomic E-state index is 0.465. The average molecular weight is 191 g/mol. The maximum atomic E-state index is 4.37. The van der Waals surface area contributed by atoms with Crippen LogP contribution in [0.1, 0.15) is 39.3 Å². The molecule has 0 radical (unpaired) electrons. The molecule has 2 rings (SSSR count). The zero-order chi connectivity index (χ0) is 10.6. The van der Waals surface area contributed by atoms with Crippen LogP contribution in [0.25, 0.3) is 5.65 Å². The van der Waals surface area contributed by atoms with Gasteiger partial charge < -0.3 is 0 Å². The summed E-state index contributed by atoms with van der Waals surface area (Å²) < 4.78 is 1.80. The highest BCUT2D eigenvalue weighted by molar-refractivity contribution is 5.38. The molecule has 2 heterocycles. The summed E-state index contributed by atoms with van der Waals surface area (Å²) in [6.07, 6.45) is 3.69. The summed E-state index contributed by atoms with van der Waals surface area (Å²) in [5, 5.41) is 4.37. The van der Waals surface area contributed by atoms with E-state index in [2.05, 4.69) is 23.9 Å². The van der Waals surface area contributed by atoms with Gasteiger partial charge in [-0.25, -0.2) is 9.50 Å². The van der Waals surface area contributed by atoms with Crippen LogP contribution in [-0.4, -0.2) is 14.6 Å². The Labute approximate surface area is 84.8 Å². The van der Waals surface area contributed by atoms with Crippen molar-refractivity contribution in [2.75, 3.05) is 0 Å². The van der Waals surface area contributed by atoms with Crippen molar-refractivity contribution >= 4 is 5.65 Å². The van der Waals surface area contributed by atoms with Gasteiger partial charge in [0.2, 0.25) is 0 Å². The predicted molar refractivity (Wildman–Crippen MR) is 58.4 cm³/mol. The van der Waals surface area contributed by atoms with Crippen molar-refractivity contribution in [3.63, 3.8) is 0 Å². The Morgan fingerprint density at radius 2 is 2.00 bits per heavy atom. The Balaban J connectivity index is 0.000000461. The first-order valence-electron chi connectivity index (χ1n) is 5.07. The second kappa shape index (κ2) is 4.74. The molecule has 3 nitrogen and oxygen atoms in total. The molecule has 2 aromatic heterocycles. The summed E-state index contributed by atoms with van der Waals surface area (Å²) in [6.45, 7) is 8.25. The molecule has 0 aliphatic carbocycles. The standard InChI is InChI=1S/C9H11N3.C2H6/c1-7(2)8-6-9-10-4-3-5-12(9)11-8;1-2/h3-7H,1-2H3;1-2H3. The van der Waals surface area contributed by atoms with Gasteiger partial charge in [0.1, 0.15) is 0 Å². The van der Waals surface area contributed by atoms with Crippen LogP contribution in [0.3, 0.4) is 0 Å². The highest BCUT2D eigenvalue weighted by Gasteiger charge is 2.04. The van der Waals surface area contributed by atoms with E-state index in [0.29, 0.717) is 5.92 Å². The summed E-state index contributed by atoms with van der Waals surface area (Å²) in [7, 11) is 0. The van der Waals surface area contributed by atoms with Crippen LogP contribution < -0.4 is 0 Å². The van der Waals surface area contributed by atoms with Crippen molar-refractivity contribution in [3.05, 3.63) is 30.2 Å². The van der Waals surface area contributed by atoms with Gasteiger partial charge in [-0.3, -0.25) is 0 Å². The Morgan fingerprint density at radius 3 is 2.57 bits per heavy atom. The molecule has 0 saturated heterocycles. The lowest BCUT2D eigenvalue weighted by Crippen LogP contribution is -1.90. The minimum atomic E-state index is 0.465. The fourth-order valence-electron chi connectivity index (χ4n) is 1.13. The topological polar surface area (TPSA) is 30.2 Å². The van der Waals surface area contributed by atoms with Crippen molar-refractivity contribution in [2.45, 2.75) is 33.6 Å². The van der Waals surface area contributed by atoms with Crippen LogP contribution >= 0.6 is 0 Å². The molecule has 0 aliphatic rings. The van der Waals surface area contributed by atoms with Crippen LogP contribution in [-0.2, 0) is 0 Å². The number of hydrogen-bond acceptors (Lipinski definition) is 2. The van der Waals surface area contributed by atoms with E-state index >= 15 is 0 Å². The summed E-state index contributed by atoms with van der Waals surface area (Å²) in [6, 6.07) is 3.90. The van der Waals surface area contributed by atoms with Crippen LogP contribution in [0.4, 0.5) is 0 Å². The molecule has 0 atom stereocenters. The number of aromatic nitrogens is 3. The summed E-state index contributed by atoms with van der Waals surface area (Å²) >= 11 is 0. The lowest BCUT2D eigenvalue weighted by molar-refractivity contribution is 0.786. The van der Waals surface area contributed by atoms with Crippen molar-refractivity contribution < 1.29 is 0 Å². The Kier molecular flexibility index (Phi) is 3.63. The molecule has 76 valence electrons. The fourth-order valence-corrected chi connectivity index (χ4v) is 1.13. The van der Waals surface area contributed by atoms with Crippen LogP contribution in [0.5, 0.6) is 0 Å². The van der Waals surface area contributed by atoms with E-state index < -0.39 is 0 Å². The van der Waals surface area contributed by atoms with E-state index in [1.807, 2.05) is 32.2 Å². The monoisotopic (exact) mass is 191 g/mol. The average Bonchev–Trinajstić information content (AvgIpc) is 2.64. The van der Waals surface area contributed by atoms with Gasteiger partial charge in [-0.2, -0.15) is 5.10 Å². The van der Waals surface area contributed by atoms with E-state index in [1.165, 1.54) is 0 Å². The second-order valence-electron chi connectivity index (χ2n) is 3.15. The molecule has 0 amide bonds. The molecule has 0 saturated carbocycles. The second-order valence-corrected chi connectivity index (χ2v) is 3.15. The normalized spacial score (nSPS) is 10.1. The van der Waals surface area contributed by atoms with Gasteiger partial charge >= 0.3 is 0 Å². The Bertz CT molecular complexity index is 357. The Morgan fingerprint density at radius 1 is 1.29 bits per heavy atom. The van der Waals surface area contributed by atoms with E-state index in [4.69, 9.17) is 0 Å². The van der Waals surface area contributed by atoms with E-state index in [1.54, 1.807) is 10.7 Å². The van der Waals surface area contributed by atoms with Gasteiger partial charge in [0.25, 0.3) is 0 Å². The van der Waals surface area contributed by atoms with Crippen molar-refractivity contribution in [3.8, 4) is 0 Å². The number of rotatable bonds is 1. The first kappa shape index (κ1) is 10.7. The molecular weight excluding hydrogens is 174 g/mol. The van der Waals surface area contributed by atoms with Gasteiger partial charge in [0.05, 0.1) is 5.69 Å². The predicted octanol–water partition coefficient (Wildman–Crippen LogP) is 2.88. The maximum Gasteiger partial charge on any atom is 0.155 e.